The van der Waals surface area contributed by atoms with Crippen molar-refractivity contribution < 1.29 is 18.0 Å². The van der Waals surface area contributed by atoms with Crippen LogP contribution in [-0.4, -0.2) is 31.1 Å². The van der Waals surface area contributed by atoms with Gasteiger partial charge in [0.1, 0.15) is 6.04 Å². The molecule has 7 heteroatoms. The molecule has 0 aromatic heterocycles. The number of nitrogens with zero attached hydrogens (tertiary/aromatic N) is 2. The van der Waals surface area contributed by atoms with Crippen molar-refractivity contribution in [3.8, 4) is 11.8 Å². The summed E-state index contributed by atoms with van der Waals surface area (Å²) in [7, 11) is 0. The predicted molar refractivity (Wildman–Crippen MR) is 159 cm³/mol. The van der Waals surface area contributed by atoms with Gasteiger partial charge in [-0.2, -0.15) is 18.1 Å². The van der Waals surface area contributed by atoms with Crippen LogP contribution >= 0.6 is 0 Å². The van der Waals surface area contributed by atoms with Gasteiger partial charge in [0.15, 0.2) is 5.78 Å². The van der Waals surface area contributed by atoms with Crippen molar-refractivity contribution in [1.82, 2.24) is 0 Å². The Balaban J connectivity index is 1.51. The topological polar surface area (TPSA) is 49.7 Å². The summed E-state index contributed by atoms with van der Waals surface area (Å²) in [6, 6.07) is 8.47. The van der Waals surface area contributed by atoms with E-state index in [0.29, 0.717) is 25.7 Å². The summed E-state index contributed by atoms with van der Waals surface area (Å²) in [6.07, 6.45) is 3.97. The average molecular weight is 579 g/mol. The molecule has 0 bridgehead atoms. The highest BCUT2D eigenvalue weighted by Gasteiger charge is 2.65. The van der Waals surface area contributed by atoms with E-state index in [4.69, 9.17) is 0 Å². The van der Waals surface area contributed by atoms with Crippen LogP contribution in [0.4, 0.5) is 18.9 Å². The third-order valence-electron chi connectivity index (χ3n) is 11.5. The Morgan fingerprint density at radius 1 is 1.14 bits per heavy atom. The normalized spacial score (nSPS) is 35.9. The second kappa shape index (κ2) is 10.7. The molecular formula is C35H41F3N2O2. The number of hydrogen-bond donors (Lipinski definition) is 0. The third kappa shape index (κ3) is 4.64. The first-order valence-corrected chi connectivity index (χ1v) is 15.8. The van der Waals surface area contributed by atoms with Crippen molar-refractivity contribution in [2.75, 3.05) is 18.0 Å². The average Bonchev–Trinajstić information content (AvgIpc) is 3.62. The van der Waals surface area contributed by atoms with Crippen LogP contribution in [0.5, 0.6) is 0 Å². The number of benzene rings is 1. The van der Waals surface area contributed by atoms with Crippen molar-refractivity contribution >= 4 is 11.5 Å². The molecule has 6 rings (SSSR count). The minimum atomic E-state index is -4.65. The van der Waals surface area contributed by atoms with Crippen molar-refractivity contribution in [3.63, 3.8) is 0 Å². The lowest BCUT2D eigenvalue weighted by atomic mass is 9.47. The van der Waals surface area contributed by atoms with E-state index in [2.05, 4.69) is 60.2 Å². The van der Waals surface area contributed by atoms with Crippen molar-refractivity contribution in [3.05, 3.63) is 57.5 Å². The maximum Gasteiger partial charge on any atom is 0.457 e. The summed E-state index contributed by atoms with van der Waals surface area (Å²) < 4.78 is 40.6. The number of hydrogen-bond acceptors (Lipinski definition) is 4. The molecule has 1 saturated heterocycles. The number of rotatable bonds is 5. The van der Waals surface area contributed by atoms with Gasteiger partial charge in [-0.25, -0.2) is 0 Å². The summed E-state index contributed by atoms with van der Waals surface area (Å²) in [4.78, 5) is 27.6. The Hall–Kier alpha value is -2.88. The Morgan fingerprint density at radius 2 is 1.86 bits per heavy atom. The number of nitroso groups, excluding NO2 is 1. The van der Waals surface area contributed by atoms with E-state index in [-0.39, 0.29) is 41.9 Å². The fraction of sp³-hybridized carbons (Fsp3) is 0.629. The lowest BCUT2D eigenvalue weighted by Gasteiger charge is -2.55. The van der Waals surface area contributed by atoms with Crippen molar-refractivity contribution in [2.24, 2.45) is 33.8 Å². The van der Waals surface area contributed by atoms with E-state index < -0.39 is 17.0 Å². The lowest BCUT2D eigenvalue weighted by molar-refractivity contribution is -0.132. The molecule has 0 spiro atoms. The van der Waals surface area contributed by atoms with Gasteiger partial charge in [-0.1, -0.05) is 55.7 Å². The number of fused-ring (bicyclic) bond motifs is 4. The molecule has 4 nitrogen and oxygen atoms in total. The van der Waals surface area contributed by atoms with Gasteiger partial charge >= 0.3 is 6.18 Å². The molecule has 1 aromatic carbocycles. The number of anilines is 1. The first-order chi connectivity index (χ1) is 20.0. The molecule has 1 heterocycles. The van der Waals surface area contributed by atoms with E-state index in [1.165, 1.54) is 35.2 Å². The maximum atomic E-state index is 13.7. The van der Waals surface area contributed by atoms with Gasteiger partial charge in [0.05, 0.1) is 5.41 Å². The van der Waals surface area contributed by atoms with Crippen molar-refractivity contribution in [2.45, 2.75) is 96.7 Å². The molecular weight excluding hydrogens is 537 g/mol. The minimum absolute atomic E-state index is 0.0228. The van der Waals surface area contributed by atoms with E-state index in [9.17, 15) is 22.9 Å². The Kier molecular flexibility index (Phi) is 7.43. The molecule has 224 valence electrons. The first kappa shape index (κ1) is 29.2. The minimum Gasteiger partial charge on any atom is -0.372 e. The van der Waals surface area contributed by atoms with Crippen LogP contribution in [0, 0.1) is 45.3 Å². The SMILES string of the molecule is CCC(=O)[C@@]1(C#CC(F)(F)F)CC[C@H]2[C@@H]3CC(C)C4=CC(N=O)CCC4=C3C(c3ccc(N4CCCC4)cc3)C[C@@]21C. The zero-order chi connectivity index (χ0) is 29.9. The number of carbonyl (C=O) groups excluding carboxylic acids is 1. The molecule has 0 N–H and O–H groups in total. The molecule has 3 fully saturated rings. The smallest absolute Gasteiger partial charge is 0.372 e. The van der Waals surface area contributed by atoms with Crippen LogP contribution in [0.3, 0.4) is 0 Å². The molecule has 3 unspecified atom stereocenters. The summed E-state index contributed by atoms with van der Waals surface area (Å²) in [5, 5.41) is 3.36. The molecule has 4 aliphatic carbocycles. The predicted octanol–water partition coefficient (Wildman–Crippen LogP) is 8.53. The summed E-state index contributed by atoms with van der Waals surface area (Å²) in [6.45, 7) is 8.12. The van der Waals surface area contributed by atoms with Crippen LogP contribution < -0.4 is 4.90 Å². The zero-order valence-electron chi connectivity index (χ0n) is 24.9. The van der Waals surface area contributed by atoms with Gasteiger partial charge in [-0.05, 0) is 103 Å². The number of halogens is 3. The van der Waals surface area contributed by atoms with E-state index >= 15 is 0 Å². The van der Waals surface area contributed by atoms with E-state index in [0.717, 1.165) is 31.5 Å². The summed E-state index contributed by atoms with van der Waals surface area (Å²) >= 11 is 0. The Morgan fingerprint density at radius 3 is 2.50 bits per heavy atom. The van der Waals surface area contributed by atoms with Gasteiger partial charge in [0, 0.05) is 37.0 Å². The van der Waals surface area contributed by atoms with Crippen LogP contribution in [-0.2, 0) is 4.79 Å². The molecule has 5 aliphatic rings. The molecule has 1 aromatic rings. The zero-order valence-corrected chi connectivity index (χ0v) is 24.9. The molecule has 0 amide bonds. The van der Waals surface area contributed by atoms with Crippen LogP contribution in [0.25, 0.3) is 0 Å². The maximum absolute atomic E-state index is 13.7. The highest BCUT2D eigenvalue weighted by molar-refractivity contribution is 5.89. The monoisotopic (exact) mass is 578 g/mol. The summed E-state index contributed by atoms with van der Waals surface area (Å²) in [5.41, 5.74) is 4.30. The standard InChI is InChI=1S/C35H41F3N2O2/c1-4-31(41)34(15-16-35(36,37)38)14-13-30-28-19-22(2)27-20-24(39-42)9-12-26(27)32(28)29(21-33(30,34)3)23-7-10-25(11-8-23)40-17-5-6-18-40/h7-8,10-11,20,22,24,28-30H,4-6,9,12-14,17-19,21H2,1-3H3/t22?,24?,28-,29?,30-,33-,34-/m0/s1. The fourth-order valence-electron chi connectivity index (χ4n) is 9.59. The second-order valence-corrected chi connectivity index (χ2v) is 13.5. The van der Waals surface area contributed by atoms with E-state index in [1.54, 1.807) is 12.8 Å². The second-order valence-electron chi connectivity index (χ2n) is 13.5. The number of alkyl halides is 3. The number of carbonyl (C=O) groups is 1. The van der Waals surface area contributed by atoms with Gasteiger partial charge < -0.3 is 4.90 Å². The lowest BCUT2D eigenvalue weighted by Crippen LogP contribution is -2.51. The Labute approximate surface area is 247 Å². The largest absolute Gasteiger partial charge is 0.457 e. The highest BCUT2D eigenvalue weighted by atomic mass is 19.4. The molecule has 2 saturated carbocycles. The number of Topliss-reactive ketones (excluding diaryl/α,β-unsaturated/α-hetero) is 1. The number of allylic oxidation sites excluding steroid dienone is 3. The van der Waals surface area contributed by atoms with Crippen molar-refractivity contribution in [1.29, 1.82) is 0 Å². The van der Waals surface area contributed by atoms with Crippen LogP contribution in [0.1, 0.15) is 90.0 Å². The van der Waals surface area contributed by atoms with Crippen LogP contribution in [0.15, 0.2) is 52.2 Å². The van der Waals surface area contributed by atoms with Gasteiger partial charge in [-0.15, -0.1) is 0 Å². The van der Waals surface area contributed by atoms with Gasteiger partial charge in [0.25, 0.3) is 0 Å². The van der Waals surface area contributed by atoms with Gasteiger partial charge in [0.2, 0.25) is 0 Å². The molecule has 42 heavy (non-hydrogen) atoms. The highest BCUT2D eigenvalue weighted by Crippen LogP contribution is 2.70. The fourth-order valence-corrected chi connectivity index (χ4v) is 9.59. The molecule has 7 atom stereocenters. The number of ketones is 1. The quantitative estimate of drug-likeness (QED) is 0.260. The Bertz CT molecular complexity index is 1380. The van der Waals surface area contributed by atoms with Crippen LogP contribution in [0.2, 0.25) is 0 Å². The third-order valence-corrected chi connectivity index (χ3v) is 11.5. The first-order valence-electron chi connectivity index (χ1n) is 15.8. The van der Waals surface area contributed by atoms with E-state index in [1.807, 2.05) is 0 Å². The van der Waals surface area contributed by atoms with Gasteiger partial charge in [-0.3, -0.25) is 4.79 Å². The summed E-state index contributed by atoms with van der Waals surface area (Å²) in [5.74, 6) is 4.46. The molecule has 0 radical (unpaired) electrons. The molecule has 1 aliphatic heterocycles.